The highest BCUT2D eigenvalue weighted by atomic mass is 16.5. The number of rotatable bonds is 5. The fourth-order valence-corrected chi connectivity index (χ4v) is 0.741. The number of likely N-dealkylation sites (N-methyl/N-ethyl adjacent to an activating group) is 1. The van der Waals surface area contributed by atoms with Crippen molar-refractivity contribution >= 4 is 0 Å². The summed E-state index contributed by atoms with van der Waals surface area (Å²) in [5.41, 5.74) is 0. The molecule has 0 fully saturated rings. The minimum absolute atomic E-state index is 0.844. The highest BCUT2D eigenvalue weighted by Gasteiger charge is 1.92. The third kappa shape index (κ3) is 24.5. The van der Waals surface area contributed by atoms with Gasteiger partial charge in [-0.25, -0.2) is 0 Å². The Kier molecular flexibility index (Phi) is 32.5. The van der Waals surface area contributed by atoms with E-state index >= 15 is 0 Å². The van der Waals surface area contributed by atoms with Crippen LogP contribution in [0.25, 0.3) is 0 Å². The van der Waals surface area contributed by atoms with Crippen LogP contribution in [0.3, 0.4) is 0 Å². The van der Waals surface area contributed by atoms with Crippen LogP contribution >= 0.6 is 0 Å². The molecule has 0 aliphatic heterocycles. The Hall–Kier alpha value is -0.0800. The number of hydrogen-bond donors (Lipinski definition) is 0. The summed E-state index contributed by atoms with van der Waals surface area (Å²) in [4.78, 5) is 2.27. The van der Waals surface area contributed by atoms with E-state index in [1.807, 2.05) is 27.7 Å². The smallest absolute Gasteiger partial charge is 0.0589 e. The molecule has 84 valence electrons. The van der Waals surface area contributed by atoms with Crippen molar-refractivity contribution in [3.05, 3.63) is 0 Å². The van der Waals surface area contributed by atoms with Crippen molar-refractivity contribution in [3.63, 3.8) is 0 Å². The van der Waals surface area contributed by atoms with Crippen LogP contribution < -0.4 is 0 Å². The molecule has 0 amide bonds. The summed E-state index contributed by atoms with van der Waals surface area (Å²) < 4.78 is 4.92. The van der Waals surface area contributed by atoms with Crippen molar-refractivity contribution in [2.24, 2.45) is 0 Å². The Morgan fingerprint density at radius 3 is 1.77 bits per heavy atom. The van der Waals surface area contributed by atoms with E-state index in [0.717, 1.165) is 13.2 Å². The second-order valence-electron chi connectivity index (χ2n) is 2.30. The number of hydrogen-bond acceptors (Lipinski definition) is 2. The van der Waals surface area contributed by atoms with E-state index in [1.54, 1.807) is 7.11 Å². The van der Waals surface area contributed by atoms with E-state index < -0.39 is 0 Å². The van der Waals surface area contributed by atoms with Gasteiger partial charge in [-0.05, 0) is 20.0 Å². The third-order valence-electron chi connectivity index (χ3n) is 1.28. The van der Waals surface area contributed by atoms with Crippen molar-refractivity contribution in [1.82, 2.24) is 4.90 Å². The molecule has 0 rings (SSSR count). The van der Waals surface area contributed by atoms with Gasteiger partial charge in [0.05, 0.1) is 6.61 Å². The summed E-state index contributed by atoms with van der Waals surface area (Å²) in [5, 5.41) is 0. The van der Waals surface area contributed by atoms with Crippen molar-refractivity contribution in [2.45, 2.75) is 41.0 Å². The first-order valence-corrected chi connectivity index (χ1v) is 5.48. The molecule has 0 aliphatic carbocycles. The Morgan fingerprint density at radius 2 is 1.46 bits per heavy atom. The molecule has 0 aromatic heterocycles. The zero-order chi connectivity index (χ0) is 11.1. The van der Waals surface area contributed by atoms with Crippen molar-refractivity contribution < 1.29 is 4.74 Å². The minimum atomic E-state index is 0.844. The summed E-state index contributed by atoms with van der Waals surface area (Å²) in [6.45, 7) is 13.2. The molecule has 0 aromatic carbocycles. The van der Waals surface area contributed by atoms with E-state index in [2.05, 4.69) is 18.9 Å². The second kappa shape index (κ2) is 22.7. The molecule has 0 atom stereocenters. The van der Waals surface area contributed by atoms with E-state index in [1.165, 1.54) is 13.0 Å². The van der Waals surface area contributed by atoms with Crippen LogP contribution in [-0.4, -0.2) is 38.8 Å². The minimum Gasteiger partial charge on any atom is -0.383 e. The first-order valence-electron chi connectivity index (χ1n) is 5.48. The SMILES string of the molecule is CC.CC.CCCN(C)CCOC. The highest BCUT2D eigenvalue weighted by Crippen LogP contribution is 1.84. The highest BCUT2D eigenvalue weighted by molar-refractivity contribution is 4.46. The van der Waals surface area contributed by atoms with Crippen molar-refractivity contribution in [2.75, 3.05) is 33.9 Å². The molecule has 0 radical (unpaired) electrons. The molecule has 0 saturated heterocycles. The lowest BCUT2D eigenvalue weighted by Gasteiger charge is -2.13. The number of nitrogens with zero attached hydrogens (tertiary/aromatic N) is 1. The maximum absolute atomic E-state index is 4.92. The molecule has 0 spiro atoms. The van der Waals surface area contributed by atoms with Crippen LogP contribution in [0.4, 0.5) is 0 Å². The normalized spacial score (nSPS) is 8.31. The molecule has 0 aromatic rings. The van der Waals surface area contributed by atoms with Crippen molar-refractivity contribution in [3.8, 4) is 0 Å². The molecule has 2 heteroatoms. The van der Waals surface area contributed by atoms with Gasteiger partial charge in [-0.2, -0.15) is 0 Å². The van der Waals surface area contributed by atoms with Gasteiger partial charge in [0.1, 0.15) is 0 Å². The summed E-state index contributed by atoms with van der Waals surface area (Å²) in [6.07, 6.45) is 1.22. The molecule has 0 unspecified atom stereocenters. The molecule has 2 nitrogen and oxygen atoms in total. The van der Waals surface area contributed by atoms with Crippen LogP contribution in [0.1, 0.15) is 41.0 Å². The molecule has 0 N–H and O–H groups in total. The van der Waals surface area contributed by atoms with Gasteiger partial charge >= 0.3 is 0 Å². The molecule has 0 saturated carbocycles. The maximum Gasteiger partial charge on any atom is 0.0589 e. The summed E-state index contributed by atoms with van der Waals surface area (Å²) >= 11 is 0. The average Bonchev–Trinajstić information content (AvgIpc) is 2.21. The predicted molar refractivity (Wildman–Crippen MR) is 62.4 cm³/mol. The Labute approximate surface area is 85.3 Å². The maximum atomic E-state index is 4.92. The Bertz CT molecular complexity index is 58.1. The largest absolute Gasteiger partial charge is 0.383 e. The number of ether oxygens (including phenoxy) is 1. The summed E-state index contributed by atoms with van der Waals surface area (Å²) in [7, 11) is 3.85. The predicted octanol–water partition coefficient (Wildman–Crippen LogP) is 3.03. The van der Waals surface area contributed by atoms with Crippen LogP contribution in [0, 0.1) is 0 Å². The molecular weight excluding hydrogens is 162 g/mol. The fourth-order valence-electron chi connectivity index (χ4n) is 0.741. The van der Waals surface area contributed by atoms with Gasteiger partial charge in [-0.1, -0.05) is 34.6 Å². The molecule has 0 bridgehead atoms. The van der Waals surface area contributed by atoms with Gasteiger partial charge in [0.25, 0.3) is 0 Å². The van der Waals surface area contributed by atoms with E-state index in [0.29, 0.717) is 0 Å². The van der Waals surface area contributed by atoms with Crippen molar-refractivity contribution in [1.29, 1.82) is 0 Å². The van der Waals surface area contributed by atoms with Crippen LogP contribution in [-0.2, 0) is 4.74 Å². The first-order chi connectivity index (χ1) is 6.31. The fraction of sp³-hybridized carbons (Fsp3) is 1.00. The van der Waals surface area contributed by atoms with Gasteiger partial charge in [0.15, 0.2) is 0 Å². The van der Waals surface area contributed by atoms with Gasteiger partial charge in [0, 0.05) is 13.7 Å². The average molecular weight is 191 g/mol. The Morgan fingerprint density at radius 1 is 1.00 bits per heavy atom. The second-order valence-corrected chi connectivity index (χ2v) is 2.30. The van der Waals surface area contributed by atoms with Gasteiger partial charge < -0.3 is 9.64 Å². The van der Waals surface area contributed by atoms with E-state index in [-0.39, 0.29) is 0 Å². The lowest BCUT2D eigenvalue weighted by Crippen LogP contribution is -2.23. The van der Waals surface area contributed by atoms with Crippen LogP contribution in [0.15, 0.2) is 0 Å². The Balaban J connectivity index is -0.000000218. The van der Waals surface area contributed by atoms with E-state index in [9.17, 15) is 0 Å². The van der Waals surface area contributed by atoms with Crippen LogP contribution in [0.2, 0.25) is 0 Å². The molecule has 13 heavy (non-hydrogen) atoms. The third-order valence-corrected chi connectivity index (χ3v) is 1.28. The first kappa shape index (κ1) is 18.7. The summed E-state index contributed by atoms with van der Waals surface area (Å²) in [6, 6.07) is 0. The molecule has 0 heterocycles. The standard InChI is InChI=1S/C7H17NO.2C2H6/c1-4-5-8(2)6-7-9-3;2*1-2/h4-7H2,1-3H3;2*1-2H3. The lowest BCUT2D eigenvalue weighted by atomic mass is 10.4. The van der Waals surface area contributed by atoms with Gasteiger partial charge in [-0.15, -0.1) is 0 Å². The molecule has 0 aliphatic rings. The molecular formula is C11H29NO. The zero-order valence-corrected chi connectivity index (χ0v) is 10.7. The number of methoxy groups -OCH3 is 1. The van der Waals surface area contributed by atoms with Gasteiger partial charge in [-0.3, -0.25) is 0 Å². The lowest BCUT2D eigenvalue weighted by molar-refractivity contribution is 0.161. The topological polar surface area (TPSA) is 12.5 Å². The summed E-state index contributed by atoms with van der Waals surface area (Å²) in [5.74, 6) is 0. The van der Waals surface area contributed by atoms with Gasteiger partial charge in [0.2, 0.25) is 0 Å². The quantitative estimate of drug-likeness (QED) is 0.662. The van der Waals surface area contributed by atoms with Crippen LogP contribution in [0.5, 0.6) is 0 Å². The van der Waals surface area contributed by atoms with E-state index in [4.69, 9.17) is 4.74 Å². The zero-order valence-electron chi connectivity index (χ0n) is 10.7. The monoisotopic (exact) mass is 191 g/mol.